The van der Waals surface area contributed by atoms with Crippen molar-refractivity contribution in [1.29, 1.82) is 0 Å². The summed E-state index contributed by atoms with van der Waals surface area (Å²) in [6.07, 6.45) is 5.97. The Morgan fingerprint density at radius 3 is 1.89 bits per heavy atom. The number of hydrogen-bond donors (Lipinski definition) is 2. The Morgan fingerprint density at radius 2 is 1.31 bits per heavy atom. The molecule has 6 rings (SSSR count). The van der Waals surface area contributed by atoms with Gasteiger partial charge in [0.25, 0.3) is 0 Å². The largest absolute Gasteiger partial charge is 0.512 e. The van der Waals surface area contributed by atoms with Crippen molar-refractivity contribution in [1.82, 2.24) is 9.97 Å². The molecule has 0 aliphatic carbocycles. The molecule has 0 saturated carbocycles. The molecule has 0 bridgehead atoms. The first kappa shape index (κ1) is 39.2. The fourth-order valence-electron chi connectivity index (χ4n) is 3.85. The number of fused-ring (bicyclic) bond motifs is 4. The van der Waals surface area contributed by atoms with E-state index in [1.165, 1.54) is 60.7 Å². The van der Waals surface area contributed by atoms with Gasteiger partial charge in [-0.3, -0.25) is 9.59 Å². The van der Waals surface area contributed by atoms with Gasteiger partial charge in [-0.2, -0.15) is 0 Å². The Bertz CT molecular complexity index is 1760. The van der Waals surface area contributed by atoms with Crippen molar-refractivity contribution in [2.75, 3.05) is 0 Å². The Labute approximate surface area is 294 Å². The molecule has 0 unspecified atom stereocenters. The molecule has 9 heteroatoms. The minimum Gasteiger partial charge on any atom is -0.512 e. The van der Waals surface area contributed by atoms with Crippen LogP contribution in [0.2, 0.25) is 0 Å². The molecule has 236 valence electrons. The number of carbonyl (C=O) groups excluding carboxylic acids is 2. The second-order valence-corrected chi connectivity index (χ2v) is 10.4. The Kier molecular flexibility index (Phi) is 17.6. The number of hydrogen-bond acceptors (Lipinski definition) is 7. The van der Waals surface area contributed by atoms with Gasteiger partial charge in [-0.25, -0.2) is 11.3 Å². The maximum Gasteiger partial charge on any atom is 0.155 e. The number of rotatable bonds is 3. The number of ketones is 2. The van der Waals surface area contributed by atoms with Crippen molar-refractivity contribution in [3.8, 4) is 10.6 Å². The first-order valence-corrected chi connectivity index (χ1v) is 14.2. The van der Waals surface area contributed by atoms with Gasteiger partial charge in [0.15, 0.2) is 11.6 Å². The third kappa shape index (κ3) is 13.4. The minimum atomic E-state index is -0.125. The molecular weight excluding hydrogens is 941 g/mol. The van der Waals surface area contributed by atoms with E-state index in [0.29, 0.717) is 0 Å². The summed E-state index contributed by atoms with van der Waals surface area (Å²) in [7, 11) is 0. The molecule has 45 heavy (non-hydrogen) atoms. The number of carbonyl (C=O) groups is 2. The van der Waals surface area contributed by atoms with Gasteiger partial charge in [0.2, 0.25) is 0 Å². The quantitative estimate of drug-likeness (QED) is 0.0796. The van der Waals surface area contributed by atoms with Crippen molar-refractivity contribution >= 4 is 54.7 Å². The molecule has 3 aromatic carbocycles. The van der Waals surface area contributed by atoms with Crippen LogP contribution in [0.3, 0.4) is 0 Å². The smallest absolute Gasteiger partial charge is 0.155 e. The maximum atomic E-state index is 10.0. The van der Waals surface area contributed by atoms with Crippen LogP contribution >= 0.6 is 11.3 Å². The number of aliphatic hydroxyl groups is 2. The van der Waals surface area contributed by atoms with Gasteiger partial charge in [-0.05, 0) is 60.3 Å². The van der Waals surface area contributed by atoms with Crippen LogP contribution in [0.15, 0.2) is 121 Å². The van der Waals surface area contributed by atoms with E-state index in [9.17, 15) is 9.59 Å². The maximum absolute atomic E-state index is 10.0. The summed E-state index contributed by atoms with van der Waals surface area (Å²) in [6, 6.07) is 35.1. The van der Waals surface area contributed by atoms with Gasteiger partial charge >= 0.3 is 0 Å². The molecular formula is C36H32Ir2N2O4S-2. The van der Waals surface area contributed by atoms with E-state index in [1.807, 2.05) is 54.9 Å². The molecule has 0 saturated heterocycles. The van der Waals surface area contributed by atoms with E-state index >= 15 is 0 Å². The predicted octanol–water partition coefficient (Wildman–Crippen LogP) is 9.02. The molecule has 2 N–H and O–H groups in total. The molecule has 0 spiro atoms. The van der Waals surface area contributed by atoms with Gasteiger partial charge in [0, 0.05) is 70.5 Å². The molecule has 6 nitrogen and oxygen atoms in total. The standard InChI is InChI=1S/C13H8NS.C13H8N.2C5H8O2.2Ir/c1-2-7-12-10(5-1)9-13(15-12)11-6-3-4-8-14-11;1-2-6-12-10(4-1)7-8-11-5-3-9-14-13(11)12;2*1-4(6)3-5(2)7;;/h1-8H;1-5,7-9H;2*3,6H,1-2H3;;/q2*-1;;;;. The van der Waals surface area contributed by atoms with E-state index in [0.717, 1.165) is 21.5 Å². The number of pyridine rings is 2. The molecule has 6 aromatic rings. The van der Waals surface area contributed by atoms with Crippen molar-refractivity contribution in [3.63, 3.8) is 0 Å². The summed E-state index contributed by atoms with van der Waals surface area (Å²) in [5.41, 5.74) is 2.03. The van der Waals surface area contributed by atoms with E-state index in [2.05, 4.69) is 64.6 Å². The second-order valence-electron chi connectivity index (χ2n) is 9.34. The molecule has 0 aliphatic rings. The SMILES string of the molecule is CC(=O)C=C(C)O.CC(=O)C=C(C)O.[Ir].[Ir].[c-]1c(-c2ccccn2)sc2ccccc12.[c-]1cccc2ccc3cccnc3c12. The molecule has 3 aromatic heterocycles. The first-order chi connectivity index (χ1) is 20.6. The van der Waals surface area contributed by atoms with Crippen LogP contribution in [-0.4, -0.2) is 31.7 Å². The number of aromatic nitrogens is 2. The van der Waals surface area contributed by atoms with Crippen LogP contribution in [0.4, 0.5) is 0 Å². The fourth-order valence-corrected chi connectivity index (χ4v) is 4.83. The van der Waals surface area contributed by atoms with Crippen LogP contribution < -0.4 is 0 Å². The zero-order valence-electron chi connectivity index (χ0n) is 25.1. The van der Waals surface area contributed by atoms with Gasteiger partial charge in [-0.1, -0.05) is 42.5 Å². The zero-order valence-corrected chi connectivity index (χ0v) is 30.7. The van der Waals surface area contributed by atoms with Crippen molar-refractivity contribution in [2.45, 2.75) is 27.7 Å². The summed E-state index contributed by atoms with van der Waals surface area (Å²) >= 11 is 1.73. The number of allylic oxidation sites excluding steroid dienone is 4. The topological polar surface area (TPSA) is 100 Å². The zero-order chi connectivity index (χ0) is 31.2. The van der Waals surface area contributed by atoms with Crippen LogP contribution in [0.25, 0.3) is 42.3 Å². The molecule has 3 heterocycles. The van der Waals surface area contributed by atoms with Crippen molar-refractivity contribution < 1.29 is 60.0 Å². The Hall–Kier alpha value is -3.84. The summed E-state index contributed by atoms with van der Waals surface area (Å²) in [5, 5.41) is 21.4. The van der Waals surface area contributed by atoms with E-state index in [1.54, 1.807) is 11.3 Å². The normalized spacial score (nSPS) is 10.5. The second kappa shape index (κ2) is 20.2. The van der Waals surface area contributed by atoms with Crippen molar-refractivity contribution in [3.05, 3.63) is 133 Å². The number of aliphatic hydroxyl groups excluding tert-OH is 2. The Morgan fingerprint density at radius 1 is 0.711 bits per heavy atom. The molecule has 0 amide bonds. The Balaban J connectivity index is 0.000000315. The van der Waals surface area contributed by atoms with Gasteiger partial charge in [0.05, 0.1) is 11.5 Å². The monoisotopic (exact) mass is 974 g/mol. The van der Waals surface area contributed by atoms with E-state index < -0.39 is 0 Å². The molecule has 0 atom stereocenters. The van der Waals surface area contributed by atoms with Crippen LogP contribution in [0.1, 0.15) is 27.7 Å². The minimum absolute atomic E-state index is 0. The summed E-state index contributed by atoms with van der Waals surface area (Å²) in [4.78, 5) is 29.8. The van der Waals surface area contributed by atoms with E-state index in [-0.39, 0.29) is 63.3 Å². The van der Waals surface area contributed by atoms with Gasteiger partial charge in [-0.15, -0.1) is 58.6 Å². The summed E-state index contributed by atoms with van der Waals surface area (Å²) < 4.78 is 1.26. The van der Waals surface area contributed by atoms with Crippen LogP contribution in [0.5, 0.6) is 0 Å². The fraction of sp³-hybridized carbons (Fsp3) is 0.111. The van der Waals surface area contributed by atoms with E-state index in [4.69, 9.17) is 10.2 Å². The molecule has 0 aliphatic heterocycles. The summed E-state index contributed by atoms with van der Waals surface area (Å²) in [6.45, 7) is 5.70. The van der Waals surface area contributed by atoms with Crippen LogP contribution in [0, 0.1) is 12.1 Å². The average Bonchev–Trinajstić information content (AvgIpc) is 3.42. The number of benzene rings is 3. The first-order valence-electron chi connectivity index (χ1n) is 13.4. The number of nitrogens with zero attached hydrogens (tertiary/aromatic N) is 2. The average molecular weight is 973 g/mol. The van der Waals surface area contributed by atoms with Crippen molar-refractivity contribution in [2.24, 2.45) is 0 Å². The third-order valence-electron chi connectivity index (χ3n) is 5.48. The molecule has 0 fully saturated rings. The van der Waals surface area contributed by atoms with Crippen LogP contribution in [-0.2, 0) is 49.8 Å². The van der Waals surface area contributed by atoms with Gasteiger partial charge in [0.1, 0.15) is 0 Å². The van der Waals surface area contributed by atoms with Gasteiger partial charge < -0.3 is 20.2 Å². The third-order valence-corrected chi connectivity index (χ3v) is 6.57. The molecule has 2 radical (unpaired) electrons. The summed E-state index contributed by atoms with van der Waals surface area (Å²) in [5.74, 6) is -0.125. The predicted molar refractivity (Wildman–Crippen MR) is 176 cm³/mol. The number of thiophene rings is 1.